The van der Waals surface area contributed by atoms with Crippen LogP contribution in [0, 0.1) is 0 Å². The predicted molar refractivity (Wildman–Crippen MR) is 82.7 cm³/mol. The van der Waals surface area contributed by atoms with Gasteiger partial charge in [0.15, 0.2) is 0 Å². The summed E-state index contributed by atoms with van der Waals surface area (Å²) in [7, 11) is 0. The van der Waals surface area contributed by atoms with E-state index < -0.39 is 0 Å². The fourth-order valence-corrected chi connectivity index (χ4v) is 2.67. The number of aromatic hydroxyl groups is 1. The van der Waals surface area contributed by atoms with Gasteiger partial charge in [0.25, 0.3) is 0 Å². The van der Waals surface area contributed by atoms with Crippen molar-refractivity contribution in [2.45, 2.75) is 13.0 Å². The third-order valence-electron chi connectivity index (χ3n) is 3.57. The number of carbonyl (C=O) groups excluding carboxylic acids is 1. The van der Waals surface area contributed by atoms with Gasteiger partial charge >= 0.3 is 6.03 Å². The highest BCUT2D eigenvalue weighted by Gasteiger charge is 2.20. The Morgan fingerprint density at radius 2 is 2.05 bits per heavy atom. The molecule has 4 nitrogen and oxygen atoms in total. The molecule has 1 aliphatic heterocycles. The van der Waals surface area contributed by atoms with E-state index >= 15 is 0 Å². The highest BCUT2D eigenvalue weighted by atomic mass is 35.5. The van der Waals surface area contributed by atoms with E-state index in [1.807, 2.05) is 6.07 Å². The van der Waals surface area contributed by atoms with E-state index in [1.54, 1.807) is 41.3 Å². The number of halogens is 1. The van der Waals surface area contributed by atoms with Gasteiger partial charge in [-0.1, -0.05) is 23.7 Å². The highest BCUT2D eigenvalue weighted by molar-refractivity contribution is 6.30. The van der Waals surface area contributed by atoms with Gasteiger partial charge in [0.05, 0.1) is 0 Å². The summed E-state index contributed by atoms with van der Waals surface area (Å²) in [5.41, 5.74) is 2.85. The molecule has 5 heteroatoms. The molecule has 0 atom stereocenters. The fourth-order valence-electron chi connectivity index (χ4n) is 2.48. The Morgan fingerprint density at radius 1 is 1.19 bits per heavy atom. The van der Waals surface area contributed by atoms with Crippen molar-refractivity contribution < 1.29 is 9.90 Å². The van der Waals surface area contributed by atoms with E-state index in [-0.39, 0.29) is 11.8 Å². The van der Waals surface area contributed by atoms with E-state index in [2.05, 4.69) is 5.32 Å². The molecule has 0 aromatic heterocycles. The molecule has 3 rings (SSSR count). The van der Waals surface area contributed by atoms with Crippen molar-refractivity contribution in [1.82, 2.24) is 4.90 Å². The topological polar surface area (TPSA) is 52.6 Å². The first kappa shape index (κ1) is 13.8. The Bertz CT molecular complexity index is 688. The molecule has 2 N–H and O–H groups in total. The van der Waals surface area contributed by atoms with Crippen LogP contribution in [0.25, 0.3) is 0 Å². The first-order chi connectivity index (χ1) is 10.1. The van der Waals surface area contributed by atoms with Crippen molar-refractivity contribution in [3.8, 4) is 5.75 Å². The Balaban J connectivity index is 1.71. The molecule has 0 radical (unpaired) electrons. The molecule has 0 unspecified atom stereocenters. The Hall–Kier alpha value is -2.20. The smallest absolute Gasteiger partial charge is 0.322 e. The first-order valence-corrected chi connectivity index (χ1v) is 7.12. The molecule has 1 heterocycles. The van der Waals surface area contributed by atoms with Crippen LogP contribution in [0.3, 0.4) is 0 Å². The molecule has 0 bridgehead atoms. The largest absolute Gasteiger partial charge is 0.508 e. The summed E-state index contributed by atoms with van der Waals surface area (Å²) in [5.74, 6) is 0.269. The monoisotopic (exact) mass is 302 g/mol. The molecule has 2 aromatic rings. The van der Waals surface area contributed by atoms with Crippen molar-refractivity contribution in [3.05, 3.63) is 58.6 Å². The second-order valence-corrected chi connectivity index (χ2v) is 5.50. The molecule has 1 aliphatic rings. The lowest BCUT2D eigenvalue weighted by Crippen LogP contribution is -2.38. The molecular weight excluding hydrogens is 288 g/mol. The molecular formula is C16H15ClN2O2. The van der Waals surface area contributed by atoms with Gasteiger partial charge in [0.2, 0.25) is 0 Å². The number of hydrogen-bond acceptors (Lipinski definition) is 2. The molecule has 21 heavy (non-hydrogen) atoms. The number of amides is 2. The number of anilines is 1. The summed E-state index contributed by atoms with van der Waals surface area (Å²) in [6, 6.07) is 12.2. The standard InChI is InChI=1S/C16H15ClN2O2/c17-13-2-1-3-14(9-13)18-16(21)19-7-6-11-8-15(20)5-4-12(11)10-19/h1-5,8-9,20H,6-7,10H2,(H,18,21). The van der Waals surface area contributed by atoms with Crippen molar-refractivity contribution >= 4 is 23.3 Å². The maximum atomic E-state index is 12.3. The van der Waals surface area contributed by atoms with E-state index in [1.165, 1.54) is 0 Å². The van der Waals surface area contributed by atoms with Gasteiger partial charge in [-0.15, -0.1) is 0 Å². The predicted octanol–water partition coefficient (Wildman–Crippen LogP) is 3.64. The van der Waals surface area contributed by atoms with Crippen LogP contribution in [0.1, 0.15) is 11.1 Å². The number of hydrogen-bond donors (Lipinski definition) is 2. The summed E-state index contributed by atoms with van der Waals surface area (Å²) >= 11 is 5.91. The Kier molecular flexibility index (Phi) is 3.71. The molecule has 0 saturated heterocycles. The van der Waals surface area contributed by atoms with Crippen molar-refractivity contribution in [2.75, 3.05) is 11.9 Å². The SMILES string of the molecule is O=C(Nc1cccc(Cl)c1)N1CCc2cc(O)ccc2C1. The number of phenolic OH excluding ortho intramolecular Hbond substituents is 1. The average molecular weight is 303 g/mol. The van der Waals surface area contributed by atoms with Gasteiger partial charge in [-0.3, -0.25) is 0 Å². The number of urea groups is 1. The molecule has 0 spiro atoms. The molecule has 0 aliphatic carbocycles. The summed E-state index contributed by atoms with van der Waals surface area (Å²) in [4.78, 5) is 14.0. The zero-order valence-electron chi connectivity index (χ0n) is 11.3. The summed E-state index contributed by atoms with van der Waals surface area (Å²) in [5, 5.41) is 12.9. The molecule has 2 aromatic carbocycles. The first-order valence-electron chi connectivity index (χ1n) is 6.74. The number of rotatable bonds is 1. The zero-order chi connectivity index (χ0) is 14.8. The fraction of sp³-hybridized carbons (Fsp3) is 0.188. The minimum absolute atomic E-state index is 0.143. The minimum atomic E-state index is -0.143. The van der Waals surface area contributed by atoms with Gasteiger partial charge in [0, 0.05) is 23.8 Å². The van der Waals surface area contributed by atoms with Crippen molar-refractivity contribution in [1.29, 1.82) is 0 Å². The third-order valence-corrected chi connectivity index (χ3v) is 3.80. The normalized spacial score (nSPS) is 13.7. The van der Waals surface area contributed by atoms with Crippen LogP contribution >= 0.6 is 11.6 Å². The lowest BCUT2D eigenvalue weighted by atomic mass is 10.00. The van der Waals surface area contributed by atoms with Gasteiger partial charge in [-0.05, 0) is 47.9 Å². The van der Waals surface area contributed by atoms with Crippen LogP contribution < -0.4 is 5.32 Å². The van der Waals surface area contributed by atoms with Crippen molar-refractivity contribution in [2.24, 2.45) is 0 Å². The maximum Gasteiger partial charge on any atom is 0.322 e. The quantitative estimate of drug-likeness (QED) is 0.845. The van der Waals surface area contributed by atoms with Gasteiger partial charge in [-0.2, -0.15) is 0 Å². The number of fused-ring (bicyclic) bond motifs is 1. The Morgan fingerprint density at radius 3 is 2.86 bits per heavy atom. The second kappa shape index (κ2) is 5.66. The second-order valence-electron chi connectivity index (χ2n) is 5.07. The number of nitrogens with zero attached hydrogens (tertiary/aromatic N) is 1. The number of carbonyl (C=O) groups is 1. The summed E-state index contributed by atoms with van der Waals surface area (Å²) < 4.78 is 0. The van der Waals surface area contributed by atoms with Crippen LogP contribution in [0.5, 0.6) is 5.75 Å². The number of nitrogens with one attached hydrogen (secondary N) is 1. The lowest BCUT2D eigenvalue weighted by Gasteiger charge is -2.29. The summed E-state index contributed by atoms with van der Waals surface area (Å²) in [6.07, 6.45) is 0.743. The van der Waals surface area contributed by atoms with E-state index in [0.717, 1.165) is 17.5 Å². The van der Waals surface area contributed by atoms with Crippen LogP contribution in [-0.4, -0.2) is 22.6 Å². The van der Waals surface area contributed by atoms with Crippen LogP contribution in [0.15, 0.2) is 42.5 Å². The highest BCUT2D eigenvalue weighted by Crippen LogP contribution is 2.24. The summed E-state index contributed by atoms with van der Waals surface area (Å²) in [6.45, 7) is 1.17. The Labute approximate surface area is 128 Å². The van der Waals surface area contributed by atoms with E-state index in [9.17, 15) is 9.90 Å². The minimum Gasteiger partial charge on any atom is -0.508 e. The molecule has 2 amide bonds. The van der Waals surface area contributed by atoms with Crippen LogP contribution in [0.4, 0.5) is 10.5 Å². The van der Waals surface area contributed by atoms with E-state index in [0.29, 0.717) is 23.8 Å². The molecule has 108 valence electrons. The zero-order valence-corrected chi connectivity index (χ0v) is 12.1. The van der Waals surface area contributed by atoms with Gasteiger partial charge in [0.1, 0.15) is 5.75 Å². The number of benzene rings is 2. The average Bonchev–Trinajstić information content (AvgIpc) is 2.46. The van der Waals surface area contributed by atoms with Gasteiger partial charge < -0.3 is 15.3 Å². The van der Waals surface area contributed by atoms with Crippen molar-refractivity contribution in [3.63, 3.8) is 0 Å². The van der Waals surface area contributed by atoms with E-state index in [4.69, 9.17) is 11.6 Å². The lowest BCUT2D eigenvalue weighted by molar-refractivity contribution is 0.206. The third kappa shape index (κ3) is 3.11. The molecule has 0 saturated carbocycles. The molecule has 0 fully saturated rings. The number of phenols is 1. The maximum absolute atomic E-state index is 12.3. The van der Waals surface area contributed by atoms with Crippen LogP contribution in [0.2, 0.25) is 5.02 Å². The van der Waals surface area contributed by atoms with Crippen LogP contribution in [-0.2, 0) is 13.0 Å². The van der Waals surface area contributed by atoms with Gasteiger partial charge in [-0.25, -0.2) is 4.79 Å².